The first kappa shape index (κ1) is 29.9. The lowest BCUT2D eigenvalue weighted by molar-refractivity contribution is -0.0490. The van der Waals surface area contributed by atoms with Gasteiger partial charge in [-0.25, -0.2) is 19.9 Å². The molecule has 2 aliphatic rings. The van der Waals surface area contributed by atoms with Crippen molar-refractivity contribution in [2.75, 3.05) is 18.9 Å². The molecule has 0 bridgehead atoms. The maximum absolute atomic E-state index is 13.7. The highest BCUT2D eigenvalue weighted by Crippen LogP contribution is 2.59. The highest BCUT2D eigenvalue weighted by Gasteiger charge is 2.56. The molecule has 0 amide bonds. The molecule has 232 valence electrons. The van der Waals surface area contributed by atoms with Gasteiger partial charge in [0.15, 0.2) is 17.7 Å². The molecule has 10 atom stereocenters. The lowest BCUT2D eigenvalue weighted by Crippen LogP contribution is -2.36. The van der Waals surface area contributed by atoms with Crippen LogP contribution in [0, 0.1) is 0 Å². The summed E-state index contributed by atoms with van der Waals surface area (Å²) in [7, 11) is -8.40. The first-order chi connectivity index (χ1) is 20.5. The van der Waals surface area contributed by atoms with Crippen LogP contribution >= 0.6 is 15.9 Å². The highest BCUT2D eigenvalue weighted by atomic mass is 31.2. The van der Waals surface area contributed by atoms with Gasteiger partial charge in [0, 0.05) is 0 Å². The topological polar surface area (TPSA) is 316 Å². The van der Waals surface area contributed by atoms with Crippen LogP contribution in [0.25, 0.3) is 22.2 Å². The second kappa shape index (κ2) is 11.4. The third-order valence-electron chi connectivity index (χ3n) is 7.19. The number of imidazole rings is 1. The summed E-state index contributed by atoms with van der Waals surface area (Å²) in [6, 6.07) is 0. The van der Waals surface area contributed by atoms with Gasteiger partial charge in [-0.3, -0.25) is 23.6 Å². The lowest BCUT2D eigenvalue weighted by Gasteiger charge is -2.26. The van der Waals surface area contributed by atoms with E-state index >= 15 is 0 Å². The Balaban J connectivity index is 1.25. The number of nitrogen functional groups attached to an aromatic ring is 1. The summed E-state index contributed by atoms with van der Waals surface area (Å²) in [6.07, 6.45) is -6.92. The molecule has 4 aromatic heterocycles. The summed E-state index contributed by atoms with van der Waals surface area (Å²) in [5.74, 6) is 0.0736. The Morgan fingerprint density at radius 2 is 1.84 bits per heavy atom. The summed E-state index contributed by atoms with van der Waals surface area (Å²) in [4.78, 5) is 50.7. The zero-order valence-corrected chi connectivity index (χ0v) is 23.5. The van der Waals surface area contributed by atoms with Gasteiger partial charge in [-0.15, -0.1) is 0 Å². The fourth-order valence-electron chi connectivity index (χ4n) is 5.11. The van der Waals surface area contributed by atoms with Crippen LogP contribution in [0.3, 0.4) is 0 Å². The van der Waals surface area contributed by atoms with Crippen molar-refractivity contribution < 1.29 is 52.8 Å². The van der Waals surface area contributed by atoms with E-state index in [0.29, 0.717) is 0 Å². The molecule has 43 heavy (non-hydrogen) atoms. The van der Waals surface area contributed by atoms with Gasteiger partial charge >= 0.3 is 15.9 Å². The van der Waals surface area contributed by atoms with Gasteiger partial charge < -0.3 is 54.3 Å². The first-order valence-corrected chi connectivity index (χ1v) is 15.4. The van der Waals surface area contributed by atoms with E-state index in [1.807, 2.05) is 0 Å². The molecule has 2 unspecified atom stereocenters. The number of ether oxygens (including phenoxy) is 2. The zero-order valence-electron chi connectivity index (χ0n) is 21.6. The monoisotopic (exact) mass is 645 g/mol. The zero-order chi connectivity index (χ0) is 30.6. The van der Waals surface area contributed by atoms with Crippen molar-refractivity contribution in [2.24, 2.45) is 0 Å². The van der Waals surface area contributed by atoms with Gasteiger partial charge in [0.1, 0.15) is 64.8 Å². The highest BCUT2D eigenvalue weighted by molar-refractivity contribution is 7.53. The van der Waals surface area contributed by atoms with E-state index in [1.54, 1.807) is 0 Å². The van der Waals surface area contributed by atoms with Crippen molar-refractivity contribution in [3.8, 4) is 0 Å². The summed E-state index contributed by atoms with van der Waals surface area (Å²) >= 11 is 0. The number of hydrogen-bond donors (Lipinski definition) is 8. The molecule has 23 heteroatoms. The Hall–Kier alpha value is -3.20. The van der Waals surface area contributed by atoms with E-state index < -0.39 is 83.1 Å². The third-order valence-corrected chi connectivity index (χ3v) is 9.45. The number of hydrogen-bond acceptors (Lipinski definition) is 16. The minimum atomic E-state index is -4.95. The first-order valence-electron chi connectivity index (χ1n) is 12.5. The normalized spacial score (nSPS) is 31.6. The fourth-order valence-corrected chi connectivity index (χ4v) is 7.09. The maximum atomic E-state index is 13.7. The second-order valence-corrected chi connectivity index (χ2v) is 12.5. The summed E-state index contributed by atoms with van der Waals surface area (Å²) in [5.41, 5.74) is 3.63. The van der Waals surface area contributed by atoms with Crippen LogP contribution in [-0.4, -0.2) is 114 Å². The average molecular weight is 645 g/mol. The number of fused-ring (bicyclic) bond motifs is 2. The number of aliphatic hydroxyl groups excluding tert-OH is 3. The van der Waals surface area contributed by atoms with Crippen LogP contribution in [-0.2, 0) is 27.7 Å². The molecule has 0 spiro atoms. The predicted molar refractivity (Wildman–Crippen MR) is 141 cm³/mol. The molecule has 6 heterocycles. The standard InChI is InChI=1S/C20H25N9O12P2/c21-17-11-18(24-4-23-17)29(5-26-11)20-14(32)12(30)7(41-20)2-39-43(36,37)16-13(31)6(1-38-42(34)35)40-15(16)9-8-10(28-27-9)19(33)25-3-22-8/h3-7,12-16,20,30-32,42H,1-2H2,(H,27,28)(H,34,35)(H,36,37)(H2,21,23,24)(H,22,25,33)/t6-,7-,12-,13-,14-,15+,16-,20-/m1/s1. The van der Waals surface area contributed by atoms with Crippen molar-refractivity contribution in [3.05, 3.63) is 35.0 Å². The number of H-pyrrole nitrogens is 2. The molecule has 21 nitrogen and oxygen atoms in total. The Bertz CT molecular complexity index is 1780. The van der Waals surface area contributed by atoms with Crippen molar-refractivity contribution in [3.63, 3.8) is 0 Å². The van der Waals surface area contributed by atoms with Crippen molar-refractivity contribution >= 4 is 43.9 Å². The molecular formula is C20H25N9O12P2. The largest absolute Gasteiger partial charge is 0.389 e. The Morgan fingerprint density at radius 3 is 2.60 bits per heavy atom. The smallest absolute Gasteiger partial charge is 0.337 e. The molecule has 0 aliphatic carbocycles. The summed E-state index contributed by atoms with van der Waals surface area (Å²) < 4.78 is 47.6. The van der Waals surface area contributed by atoms with E-state index in [0.717, 1.165) is 6.33 Å². The number of nitrogens with one attached hydrogen (secondary N) is 2. The maximum Gasteiger partial charge on any atom is 0.337 e. The Kier molecular flexibility index (Phi) is 7.90. The van der Waals surface area contributed by atoms with Crippen molar-refractivity contribution in [1.29, 1.82) is 0 Å². The number of aliphatic hydroxyl groups is 3. The van der Waals surface area contributed by atoms with Gasteiger partial charge in [0.05, 0.1) is 32.0 Å². The average Bonchev–Trinajstić information content (AvgIpc) is 3.72. The molecular weight excluding hydrogens is 620 g/mol. The van der Waals surface area contributed by atoms with Gasteiger partial charge in [0.25, 0.3) is 5.56 Å². The van der Waals surface area contributed by atoms with Gasteiger partial charge in [-0.1, -0.05) is 0 Å². The number of nitrogens with two attached hydrogens (primary N) is 1. The van der Waals surface area contributed by atoms with Crippen LogP contribution in [0.4, 0.5) is 5.82 Å². The van der Waals surface area contributed by atoms with E-state index in [2.05, 4.69) is 39.6 Å². The SMILES string of the molecule is Nc1ncnc2c1ncn2[C@@H]1O[C@H](COP(=O)(O)[C@@H]2[C@H](O)[C@@H](CO[PH](=O)O)O[C@H]2c2n[nH]c3c(=O)[nH]cnc23)[C@@H](O)[C@H]1O. The van der Waals surface area contributed by atoms with Crippen molar-refractivity contribution in [1.82, 2.24) is 39.7 Å². The number of aromatic nitrogens is 8. The second-order valence-electron chi connectivity index (χ2n) is 9.71. The number of rotatable bonds is 9. The summed E-state index contributed by atoms with van der Waals surface area (Å²) in [5, 5.41) is 38.8. The van der Waals surface area contributed by atoms with Crippen molar-refractivity contribution in [2.45, 2.75) is 48.5 Å². The fraction of sp³-hybridized carbons (Fsp3) is 0.500. The quantitative estimate of drug-likeness (QED) is 0.0869. The van der Waals surface area contributed by atoms with Crippen LogP contribution < -0.4 is 11.3 Å². The molecule has 2 aliphatic heterocycles. The molecule has 2 fully saturated rings. The minimum absolute atomic E-state index is 0.0271. The molecule has 0 aromatic carbocycles. The third kappa shape index (κ3) is 5.28. The molecule has 0 radical (unpaired) electrons. The molecule has 4 aromatic rings. The minimum Gasteiger partial charge on any atom is -0.389 e. The van der Waals surface area contributed by atoms with E-state index in [9.17, 15) is 34.1 Å². The van der Waals surface area contributed by atoms with Gasteiger partial charge in [-0.05, 0) is 0 Å². The number of aromatic amines is 2. The Morgan fingerprint density at radius 1 is 1.07 bits per heavy atom. The lowest BCUT2D eigenvalue weighted by atomic mass is 10.1. The number of anilines is 1. The van der Waals surface area contributed by atoms with E-state index in [4.69, 9.17) is 24.6 Å². The van der Waals surface area contributed by atoms with Crippen LogP contribution in [0.5, 0.6) is 0 Å². The summed E-state index contributed by atoms with van der Waals surface area (Å²) in [6.45, 7) is -1.38. The van der Waals surface area contributed by atoms with Gasteiger partial charge in [0.2, 0.25) is 0 Å². The molecule has 6 rings (SSSR count). The molecule has 2 saturated heterocycles. The Labute approximate surface area is 239 Å². The van der Waals surface area contributed by atoms with Crippen LogP contribution in [0.2, 0.25) is 0 Å². The predicted octanol–water partition coefficient (Wildman–Crippen LogP) is -2.54. The van der Waals surface area contributed by atoms with E-state index in [-0.39, 0.29) is 33.7 Å². The van der Waals surface area contributed by atoms with E-state index in [1.165, 1.54) is 17.2 Å². The number of nitrogens with zero attached hydrogens (tertiary/aromatic N) is 6. The van der Waals surface area contributed by atoms with Crippen LogP contribution in [0.15, 0.2) is 23.8 Å². The van der Waals surface area contributed by atoms with Gasteiger partial charge in [-0.2, -0.15) is 5.10 Å². The molecule has 9 N–H and O–H groups in total. The molecule has 0 saturated carbocycles. The van der Waals surface area contributed by atoms with Crippen LogP contribution in [0.1, 0.15) is 18.0 Å².